The van der Waals surface area contributed by atoms with Crippen LogP contribution in [-0.4, -0.2) is 30.9 Å². The number of unbranched alkanes of at least 4 members (excludes halogenated alkanes) is 1. The average Bonchev–Trinajstić information content (AvgIpc) is 3.18. The molecule has 2 aliphatic rings. The fourth-order valence-electron chi connectivity index (χ4n) is 4.86. The first-order valence-electron chi connectivity index (χ1n) is 10.7. The number of thiophene rings is 1. The Balaban J connectivity index is 1.44. The normalized spacial score (nSPS) is 24.7. The average molecular weight is 434 g/mol. The van der Waals surface area contributed by atoms with Gasteiger partial charge in [-0.25, -0.2) is 8.42 Å². The maximum atomic E-state index is 13.4. The molecule has 4 rings (SSSR count). The predicted octanol–water partition coefficient (Wildman–Crippen LogP) is 5.47. The van der Waals surface area contributed by atoms with Crippen molar-refractivity contribution in [3.8, 4) is 5.75 Å². The van der Waals surface area contributed by atoms with Crippen LogP contribution in [0, 0.1) is 13.8 Å². The number of hydrogen-bond donors (Lipinski definition) is 0. The SMILES string of the molecule is CCCCc1ccc(OC2C[C@H]3CC[C@@H](C2)N3S(=O)(=O)c2cc(C)sc2C)cc1. The van der Waals surface area contributed by atoms with Gasteiger partial charge < -0.3 is 4.74 Å². The molecule has 2 bridgehead atoms. The van der Waals surface area contributed by atoms with E-state index in [2.05, 4.69) is 31.2 Å². The number of aryl methyl sites for hydroxylation is 3. The van der Waals surface area contributed by atoms with Crippen molar-refractivity contribution in [1.82, 2.24) is 4.31 Å². The van der Waals surface area contributed by atoms with Crippen molar-refractivity contribution in [3.05, 3.63) is 45.6 Å². The van der Waals surface area contributed by atoms with Crippen LogP contribution in [0.3, 0.4) is 0 Å². The zero-order valence-corrected chi connectivity index (χ0v) is 19.2. The lowest BCUT2D eigenvalue weighted by molar-refractivity contribution is 0.0956. The second-order valence-corrected chi connectivity index (χ2v) is 11.7. The first-order chi connectivity index (χ1) is 13.9. The number of fused-ring (bicyclic) bond motifs is 2. The van der Waals surface area contributed by atoms with Crippen LogP contribution < -0.4 is 4.74 Å². The molecule has 1 aromatic carbocycles. The third-order valence-corrected chi connectivity index (χ3v) is 9.45. The van der Waals surface area contributed by atoms with Crippen molar-refractivity contribution in [2.75, 3.05) is 0 Å². The largest absolute Gasteiger partial charge is 0.490 e. The van der Waals surface area contributed by atoms with Crippen LogP contribution in [0.4, 0.5) is 0 Å². The van der Waals surface area contributed by atoms with Crippen molar-refractivity contribution >= 4 is 21.4 Å². The van der Waals surface area contributed by atoms with Gasteiger partial charge in [0.1, 0.15) is 11.9 Å². The summed E-state index contributed by atoms with van der Waals surface area (Å²) in [4.78, 5) is 2.44. The van der Waals surface area contributed by atoms with E-state index in [-0.39, 0.29) is 18.2 Å². The minimum atomic E-state index is -3.43. The summed E-state index contributed by atoms with van der Waals surface area (Å²) < 4.78 is 34.8. The molecule has 2 saturated heterocycles. The van der Waals surface area contributed by atoms with Crippen molar-refractivity contribution in [2.45, 2.75) is 88.8 Å². The second kappa shape index (κ2) is 8.40. The Morgan fingerprint density at radius 2 is 1.76 bits per heavy atom. The van der Waals surface area contributed by atoms with Gasteiger partial charge in [-0.1, -0.05) is 25.5 Å². The third kappa shape index (κ3) is 4.25. The van der Waals surface area contributed by atoms with Crippen LogP contribution >= 0.6 is 11.3 Å². The van der Waals surface area contributed by atoms with Gasteiger partial charge >= 0.3 is 0 Å². The van der Waals surface area contributed by atoms with Crippen LogP contribution in [0.1, 0.15) is 60.8 Å². The molecule has 1 aromatic heterocycles. The summed E-state index contributed by atoms with van der Waals surface area (Å²) in [5, 5.41) is 0. The topological polar surface area (TPSA) is 46.6 Å². The number of hydrogen-bond acceptors (Lipinski definition) is 4. The maximum absolute atomic E-state index is 13.4. The maximum Gasteiger partial charge on any atom is 0.244 e. The monoisotopic (exact) mass is 433 g/mol. The molecule has 158 valence electrons. The van der Waals surface area contributed by atoms with Crippen molar-refractivity contribution in [2.24, 2.45) is 0 Å². The number of piperidine rings is 1. The Kier molecular flexibility index (Phi) is 6.05. The van der Waals surface area contributed by atoms with Crippen LogP contribution in [0.25, 0.3) is 0 Å². The molecule has 2 aliphatic heterocycles. The summed E-state index contributed by atoms with van der Waals surface area (Å²) in [5.74, 6) is 0.898. The summed E-state index contributed by atoms with van der Waals surface area (Å²) in [6.07, 6.45) is 7.02. The minimum Gasteiger partial charge on any atom is -0.490 e. The van der Waals surface area contributed by atoms with Crippen molar-refractivity contribution in [3.63, 3.8) is 0 Å². The van der Waals surface area contributed by atoms with Gasteiger partial charge in [0, 0.05) is 34.7 Å². The number of rotatable bonds is 7. The van der Waals surface area contributed by atoms with E-state index in [1.807, 2.05) is 19.9 Å². The molecule has 3 atom stereocenters. The molecule has 0 amide bonds. The fourth-order valence-corrected chi connectivity index (χ4v) is 8.28. The molecule has 0 saturated carbocycles. The van der Waals surface area contributed by atoms with Crippen LogP contribution in [0.5, 0.6) is 5.75 Å². The van der Waals surface area contributed by atoms with E-state index >= 15 is 0 Å². The van der Waals surface area contributed by atoms with Gasteiger partial charge in [0.25, 0.3) is 0 Å². The summed E-state index contributed by atoms with van der Waals surface area (Å²) in [7, 11) is -3.43. The van der Waals surface area contributed by atoms with Crippen LogP contribution in [0.15, 0.2) is 35.2 Å². The molecule has 0 N–H and O–H groups in total. The van der Waals surface area contributed by atoms with Crippen molar-refractivity contribution in [1.29, 1.82) is 0 Å². The van der Waals surface area contributed by atoms with Gasteiger partial charge in [-0.2, -0.15) is 4.31 Å². The van der Waals surface area contributed by atoms with Gasteiger partial charge in [0.2, 0.25) is 10.0 Å². The molecule has 6 heteroatoms. The van der Waals surface area contributed by atoms with E-state index < -0.39 is 10.0 Å². The first-order valence-corrected chi connectivity index (χ1v) is 13.0. The van der Waals surface area contributed by atoms with Crippen molar-refractivity contribution < 1.29 is 13.2 Å². The Labute approximate surface area is 178 Å². The molecule has 29 heavy (non-hydrogen) atoms. The molecule has 0 radical (unpaired) electrons. The summed E-state index contributed by atoms with van der Waals surface area (Å²) in [5.41, 5.74) is 1.35. The van der Waals surface area contributed by atoms with E-state index in [0.29, 0.717) is 4.90 Å². The van der Waals surface area contributed by atoms with Gasteiger partial charge in [-0.15, -0.1) is 11.3 Å². The van der Waals surface area contributed by atoms with Gasteiger partial charge in [0.05, 0.1) is 4.90 Å². The van der Waals surface area contributed by atoms with E-state index in [0.717, 1.165) is 47.6 Å². The zero-order chi connectivity index (χ0) is 20.6. The minimum absolute atomic E-state index is 0.0483. The number of ether oxygens (including phenoxy) is 1. The highest BCUT2D eigenvalue weighted by molar-refractivity contribution is 7.89. The lowest BCUT2D eigenvalue weighted by Gasteiger charge is -2.37. The highest BCUT2D eigenvalue weighted by atomic mass is 32.2. The lowest BCUT2D eigenvalue weighted by atomic mass is 10.0. The summed E-state index contributed by atoms with van der Waals surface area (Å²) in [6, 6.07) is 10.4. The number of benzene rings is 1. The molecule has 3 heterocycles. The number of nitrogens with zero attached hydrogens (tertiary/aromatic N) is 1. The smallest absolute Gasteiger partial charge is 0.244 e. The Hall–Kier alpha value is -1.37. The highest BCUT2D eigenvalue weighted by Gasteiger charge is 2.48. The van der Waals surface area contributed by atoms with E-state index in [1.165, 1.54) is 18.4 Å². The summed E-state index contributed by atoms with van der Waals surface area (Å²) >= 11 is 1.56. The van der Waals surface area contributed by atoms with Gasteiger partial charge in [-0.3, -0.25) is 0 Å². The van der Waals surface area contributed by atoms with Crippen LogP contribution in [-0.2, 0) is 16.4 Å². The first kappa shape index (κ1) is 20.9. The molecule has 0 aliphatic carbocycles. The molecule has 2 aromatic rings. The highest BCUT2D eigenvalue weighted by Crippen LogP contribution is 2.42. The molecule has 4 nitrogen and oxygen atoms in total. The van der Waals surface area contributed by atoms with E-state index in [9.17, 15) is 8.42 Å². The second-order valence-electron chi connectivity index (χ2n) is 8.46. The van der Waals surface area contributed by atoms with Gasteiger partial charge in [-0.05, 0) is 63.3 Å². The molecule has 2 fully saturated rings. The molecular formula is C23H31NO3S2. The van der Waals surface area contributed by atoms with Crippen LogP contribution in [0.2, 0.25) is 0 Å². The Morgan fingerprint density at radius 3 is 2.31 bits per heavy atom. The molecule has 0 spiro atoms. The number of sulfonamides is 1. The third-order valence-electron chi connectivity index (χ3n) is 6.22. The Bertz CT molecular complexity index is 935. The van der Waals surface area contributed by atoms with E-state index in [4.69, 9.17) is 4.74 Å². The predicted molar refractivity (Wildman–Crippen MR) is 118 cm³/mol. The summed E-state index contributed by atoms with van der Waals surface area (Å²) in [6.45, 7) is 6.09. The standard InChI is InChI=1S/C23H31NO3S2/c1-4-5-6-18-7-11-21(12-8-18)27-22-14-19-9-10-20(15-22)24(19)29(25,26)23-13-16(2)28-17(23)3/h7-8,11-13,19-20,22H,4-6,9-10,14-15H2,1-3H3/t19-,20+,22?. The quantitative estimate of drug-likeness (QED) is 0.582. The lowest BCUT2D eigenvalue weighted by Crippen LogP contribution is -2.49. The fraction of sp³-hybridized carbons (Fsp3) is 0.565. The van der Waals surface area contributed by atoms with Gasteiger partial charge in [0.15, 0.2) is 0 Å². The Morgan fingerprint density at radius 1 is 1.10 bits per heavy atom. The zero-order valence-electron chi connectivity index (χ0n) is 17.6. The van der Waals surface area contributed by atoms with E-state index in [1.54, 1.807) is 15.6 Å². The molecular weight excluding hydrogens is 402 g/mol. The molecule has 1 unspecified atom stereocenters.